The summed E-state index contributed by atoms with van der Waals surface area (Å²) in [4.78, 5) is 4.49. The Balaban J connectivity index is 2.02. The van der Waals surface area contributed by atoms with E-state index in [1.807, 2.05) is 0 Å². The lowest BCUT2D eigenvalue weighted by Crippen LogP contribution is -1.99. The first-order chi connectivity index (χ1) is 10.2. The molecule has 0 atom stereocenters. The van der Waals surface area contributed by atoms with Crippen molar-refractivity contribution >= 4 is 32.4 Å². The van der Waals surface area contributed by atoms with Crippen LogP contribution in [0.1, 0.15) is 25.0 Å². The Morgan fingerprint density at radius 1 is 1.10 bits per heavy atom. The highest BCUT2D eigenvalue weighted by Crippen LogP contribution is 2.32. The molecule has 1 N–H and O–H groups in total. The summed E-state index contributed by atoms with van der Waals surface area (Å²) < 4.78 is 14.2. The molecule has 4 heteroatoms. The molecule has 2 aromatic carbocycles. The molecule has 0 unspecified atom stereocenters. The highest BCUT2D eigenvalue weighted by Gasteiger charge is 2.10. The fraction of sp³-hybridized carbons (Fsp3) is 0.235. The molecular weight excluding hydrogens is 283 g/mol. The Kier molecular flexibility index (Phi) is 3.88. The third-order valence-corrected chi connectivity index (χ3v) is 4.53. The molecule has 0 saturated carbocycles. The number of hydrogen-bond acceptors (Lipinski definition) is 3. The summed E-state index contributed by atoms with van der Waals surface area (Å²) in [6.45, 7) is 4.29. The van der Waals surface area contributed by atoms with Crippen LogP contribution >= 0.6 is 11.3 Å². The average molecular weight is 300 g/mol. The topological polar surface area (TPSA) is 24.9 Å². The van der Waals surface area contributed by atoms with Gasteiger partial charge in [0.25, 0.3) is 0 Å². The Bertz CT molecular complexity index is 757. The number of anilines is 2. The van der Waals surface area contributed by atoms with Crippen molar-refractivity contribution in [3.8, 4) is 0 Å². The minimum Gasteiger partial charge on any atom is -0.331 e. The first-order valence-corrected chi connectivity index (χ1v) is 7.96. The van der Waals surface area contributed by atoms with Crippen molar-refractivity contribution in [2.24, 2.45) is 0 Å². The lowest BCUT2D eigenvalue weighted by Gasteiger charge is -2.13. The molecule has 0 radical (unpaired) electrons. The quantitative estimate of drug-likeness (QED) is 0.707. The predicted octanol–water partition coefficient (Wildman–Crippen LogP) is 5.30. The van der Waals surface area contributed by atoms with E-state index in [2.05, 4.69) is 42.3 Å². The van der Waals surface area contributed by atoms with E-state index in [-0.39, 0.29) is 5.82 Å². The normalized spacial score (nSPS) is 11.0. The zero-order valence-electron chi connectivity index (χ0n) is 12.1. The maximum atomic E-state index is 13.3. The van der Waals surface area contributed by atoms with Crippen LogP contribution < -0.4 is 5.32 Å². The largest absolute Gasteiger partial charge is 0.331 e. The molecule has 0 saturated heterocycles. The lowest BCUT2D eigenvalue weighted by molar-refractivity contribution is 0.629. The smallest absolute Gasteiger partial charge is 0.188 e. The summed E-state index contributed by atoms with van der Waals surface area (Å²) in [6.07, 6.45) is 1.94. The van der Waals surface area contributed by atoms with Crippen molar-refractivity contribution in [3.63, 3.8) is 0 Å². The van der Waals surface area contributed by atoms with Gasteiger partial charge in [0.15, 0.2) is 5.13 Å². The maximum absolute atomic E-state index is 13.3. The zero-order valence-corrected chi connectivity index (χ0v) is 12.9. The fourth-order valence-electron chi connectivity index (χ4n) is 2.46. The monoisotopic (exact) mass is 300 g/mol. The molecule has 21 heavy (non-hydrogen) atoms. The number of para-hydroxylation sites is 1. The second kappa shape index (κ2) is 5.82. The van der Waals surface area contributed by atoms with E-state index in [4.69, 9.17) is 0 Å². The van der Waals surface area contributed by atoms with Gasteiger partial charge in [-0.2, -0.15) is 0 Å². The molecular formula is C17H17FN2S. The Hall–Kier alpha value is -1.94. The van der Waals surface area contributed by atoms with Gasteiger partial charge in [-0.3, -0.25) is 0 Å². The van der Waals surface area contributed by atoms with E-state index < -0.39 is 0 Å². The second-order valence-electron chi connectivity index (χ2n) is 4.91. The van der Waals surface area contributed by atoms with Crippen LogP contribution in [0, 0.1) is 5.82 Å². The molecule has 0 fully saturated rings. The molecule has 108 valence electrons. The molecule has 2 nitrogen and oxygen atoms in total. The highest BCUT2D eigenvalue weighted by molar-refractivity contribution is 7.22. The van der Waals surface area contributed by atoms with E-state index in [0.29, 0.717) is 5.52 Å². The van der Waals surface area contributed by atoms with Crippen molar-refractivity contribution in [2.45, 2.75) is 26.7 Å². The number of aryl methyl sites for hydroxylation is 2. The van der Waals surface area contributed by atoms with Crippen molar-refractivity contribution < 1.29 is 4.39 Å². The number of thiazole rings is 1. The molecule has 0 spiro atoms. The van der Waals surface area contributed by atoms with Gasteiger partial charge in [0.05, 0.1) is 10.2 Å². The minimum absolute atomic E-state index is 0.248. The standard InChI is InChI=1S/C17H17FN2S/c1-3-11-6-5-7-12(4-2)16(11)20-17-19-14-10-13(18)8-9-15(14)21-17/h5-10H,3-4H2,1-2H3,(H,19,20). The summed E-state index contributed by atoms with van der Waals surface area (Å²) in [7, 11) is 0. The highest BCUT2D eigenvalue weighted by atomic mass is 32.1. The molecule has 0 aliphatic heterocycles. The third kappa shape index (κ3) is 2.76. The SMILES string of the molecule is CCc1cccc(CC)c1Nc1nc2cc(F)ccc2s1. The number of nitrogens with zero attached hydrogens (tertiary/aromatic N) is 1. The van der Waals surface area contributed by atoms with Crippen LogP contribution in [-0.4, -0.2) is 4.98 Å². The van der Waals surface area contributed by atoms with Crippen LogP contribution in [0.5, 0.6) is 0 Å². The Morgan fingerprint density at radius 3 is 2.48 bits per heavy atom. The van der Waals surface area contributed by atoms with Crippen molar-refractivity contribution in [1.29, 1.82) is 0 Å². The molecule has 3 aromatic rings. The summed E-state index contributed by atoms with van der Waals surface area (Å²) in [6, 6.07) is 11.1. The van der Waals surface area contributed by atoms with Gasteiger partial charge in [0.2, 0.25) is 0 Å². The summed E-state index contributed by atoms with van der Waals surface area (Å²) in [5.74, 6) is -0.248. The van der Waals surface area contributed by atoms with Gasteiger partial charge in [-0.25, -0.2) is 9.37 Å². The van der Waals surface area contributed by atoms with Gasteiger partial charge in [-0.1, -0.05) is 43.4 Å². The number of aromatic nitrogens is 1. The van der Waals surface area contributed by atoms with Gasteiger partial charge in [-0.15, -0.1) is 0 Å². The lowest BCUT2D eigenvalue weighted by atomic mass is 10.0. The molecule has 1 heterocycles. The van der Waals surface area contributed by atoms with E-state index in [1.54, 1.807) is 17.4 Å². The van der Waals surface area contributed by atoms with Crippen molar-refractivity contribution in [3.05, 3.63) is 53.3 Å². The molecule has 0 bridgehead atoms. The molecule has 3 rings (SSSR count). The van der Waals surface area contributed by atoms with Gasteiger partial charge < -0.3 is 5.32 Å². The van der Waals surface area contributed by atoms with Gasteiger partial charge >= 0.3 is 0 Å². The predicted molar refractivity (Wildman–Crippen MR) is 88.1 cm³/mol. The number of rotatable bonds is 4. The van der Waals surface area contributed by atoms with E-state index >= 15 is 0 Å². The van der Waals surface area contributed by atoms with Crippen molar-refractivity contribution in [2.75, 3.05) is 5.32 Å². The summed E-state index contributed by atoms with van der Waals surface area (Å²) in [5.41, 5.74) is 4.40. The number of halogens is 1. The molecule has 1 aromatic heterocycles. The Labute approximate surface area is 127 Å². The summed E-state index contributed by atoms with van der Waals surface area (Å²) >= 11 is 1.55. The van der Waals surface area contributed by atoms with Crippen LogP contribution in [-0.2, 0) is 12.8 Å². The third-order valence-electron chi connectivity index (χ3n) is 3.58. The van der Waals surface area contributed by atoms with E-state index in [9.17, 15) is 4.39 Å². The Morgan fingerprint density at radius 2 is 1.81 bits per heavy atom. The fourth-order valence-corrected chi connectivity index (χ4v) is 3.31. The number of fused-ring (bicyclic) bond motifs is 1. The second-order valence-corrected chi connectivity index (χ2v) is 5.95. The number of nitrogens with one attached hydrogen (secondary N) is 1. The van der Waals surface area contributed by atoms with Gasteiger partial charge in [0.1, 0.15) is 5.82 Å². The van der Waals surface area contributed by atoms with Crippen LogP contribution in [0.25, 0.3) is 10.2 Å². The first-order valence-electron chi connectivity index (χ1n) is 7.15. The van der Waals surface area contributed by atoms with Crippen LogP contribution in [0.15, 0.2) is 36.4 Å². The first kappa shape index (κ1) is 14.0. The van der Waals surface area contributed by atoms with E-state index in [1.165, 1.54) is 23.3 Å². The number of hydrogen-bond donors (Lipinski definition) is 1. The minimum atomic E-state index is -0.248. The van der Waals surface area contributed by atoms with E-state index in [0.717, 1.165) is 28.4 Å². The average Bonchev–Trinajstić information content (AvgIpc) is 2.88. The van der Waals surface area contributed by atoms with Gasteiger partial charge in [-0.05, 0) is 36.1 Å². The van der Waals surface area contributed by atoms with Gasteiger partial charge in [0, 0.05) is 11.8 Å². The number of benzene rings is 2. The van der Waals surface area contributed by atoms with Crippen molar-refractivity contribution in [1.82, 2.24) is 4.98 Å². The maximum Gasteiger partial charge on any atom is 0.188 e. The zero-order chi connectivity index (χ0) is 14.8. The molecule has 0 amide bonds. The van der Waals surface area contributed by atoms with Crippen LogP contribution in [0.3, 0.4) is 0 Å². The van der Waals surface area contributed by atoms with Crippen LogP contribution in [0.2, 0.25) is 0 Å². The molecule has 0 aliphatic carbocycles. The summed E-state index contributed by atoms with van der Waals surface area (Å²) in [5, 5.41) is 4.25. The van der Waals surface area contributed by atoms with Crippen LogP contribution in [0.4, 0.5) is 15.2 Å². The molecule has 0 aliphatic rings.